The van der Waals surface area contributed by atoms with Gasteiger partial charge in [-0.3, -0.25) is 0 Å². The van der Waals surface area contributed by atoms with Crippen molar-refractivity contribution in [3.05, 3.63) is 12.2 Å². The van der Waals surface area contributed by atoms with Gasteiger partial charge < -0.3 is 9.47 Å². The first-order valence-corrected chi connectivity index (χ1v) is 5.92. The highest BCUT2D eigenvalue weighted by molar-refractivity contribution is 5.02. The minimum Gasteiger partial charge on any atom is -0.348 e. The van der Waals surface area contributed by atoms with Gasteiger partial charge in [-0.2, -0.15) is 0 Å². The van der Waals surface area contributed by atoms with Gasteiger partial charge in [-0.15, -0.1) is 0 Å². The smallest absolute Gasteiger partial charge is 0.163 e. The highest BCUT2D eigenvalue weighted by Gasteiger charge is 2.47. The maximum atomic E-state index is 6.05. The Morgan fingerprint density at radius 2 is 1.87 bits per heavy atom. The van der Waals surface area contributed by atoms with Crippen LogP contribution in [0.3, 0.4) is 0 Å². The summed E-state index contributed by atoms with van der Waals surface area (Å²) in [5.41, 5.74) is 1.33. The molecule has 2 nitrogen and oxygen atoms in total. The summed E-state index contributed by atoms with van der Waals surface area (Å²) in [4.78, 5) is 0. The Labute approximate surface area is 92.6 Å². The van der Waals surface area contributed by atoms with Crippen LogP contribution >= 0.6 is 0 Å². The number of hydrogen-bond acceptors (Lipinski definition) is 2. The maximum absolute atomic E-state index is 6.05. The third-order valence-corrected chi connectivity index (χ3v) is 3.74. The summed E-state index contributed by atoms with van der Waals surface area (Å²) in [5, 5.41) is 0. The fourth-order valence-corrected chi connectivity index (χ4v) is 2.77. The number of hydrogen-bond donors (Lipinski definition) is 0. The summed E-state index contributed by atoms with van der Waals surface area (Å²) in [7, 11) is 0. The Balaban J connectivity index is 1.96. The van der Waals surface area contributed by atoms with Gasteiger partial charge in [-0.05, 0) is 52.4 Å². The zero-order valence-electron chi connectivity index (χ0n) is 10.1. The number of allylic oxidation sites excluding steroid dienone is 1. The lowest BCUT2D eigenvalue weighted by molar-refractivity contribution is -0.168. The van der Waals surface area contributed by atoms with E-state index in [0.717, 1.165) is 19.4 Å². The van der Waals surface area contributed by atoms with Crippen molar-refractivity contribution in [3.8, 4) is 0 Å². The summed E-state index contributed by atoms with van der Waals surface area (Å²) >= 11 is 0. The molecular weight excluding hydrogens is 188 g/mol. The second kappa shape index (κ2) is 3.60. The van der Waals surface area contributed by atoms with Crippen LogP contribution in [0.4, 0.5) is 0 Å². The van der Waals surface area contributed by atoms with Gasteiger partial charge in [0.05, 0.1) is 12.2 Å². The summed E-state index contributed by atoms with van der Waals surface area (Å²) in [6, 6.07) is 0. The fraction of sp³-hybridized carbons (Fsp3) is 0.846. The Kier molecular flexibility index (Phi) is 2.68. The predicted octanol–water partition coefficient (Wildman–Crippen LogP) is 3.27. The van der Waals surface area contributed by atoms with Gasteiger partial charge in [0, 0.05) is 0 Å². The molecule has 0 N–H and O–H groups in total. The van der Waals surface area contributed by atoms with Gasteiger partial charge in [-0.25, -0.2) is 0 Å². The molecule has 2 heteroatoms. The molecule has 1 heterocycles. The Morgan fingerprint density at radius 3 is 2.27 bits per heavy atom. The molecule has 0 aromatic rings. The van der Waals surface area contributed by atoms with E-state index in [0.29, 0.717) is 5.92 Å². The van der Waals surface area contributed by atoms with E-state index in [-0.39, 0.29) is 11.4 Å². The highest BCUT2D eigenvalue weighted by atomic mass is 16.8. The van der Waals surface area contributed by atoms with Gasteiger partial charge >= 0.3 is 0 Å². The van der Waals surface area contributed by atoms with Crippen LogP contribution in [0.15, 0.2) is 12.2 Å². The average molecular weight is 210 g/mol. The average Bonchev–Trinajstić information content (AvgIpc) is 2.43. The molecule has 2 aliphatic rings. The first kappa shape index (κ1) is 11.2. The van der Waals surface area contributed by atoms with Gasteiger partial charge in [-0.1, -0.05) is 12.2 Å². The second-order valence-electron chi connectivity index (χ2n) is 5.59. The molecule has 0 unspecified atom stereocenters. The van der Waals surface area contributed by atoms with E-state index in [1.54, 1.807) is 0 Å². The van der Waals surface area contributed by atoms with E-state index in [4.69, 9.17) is 9.47 Å². The Hall–Kier alpha value is -0.340. The molecule has 0 bridgehead atoms. The standard InChI is InChI=1S/C13H22O2/c1-10(2)11-5-7-13(8-6-11)9-14-12(3,4)15-13/h11H,1,5-9H2,2-4H3. The van der Waals surface area contributed by atoms with Crippen molar-refractivity contribution in [1.82, 2.24) is 0 Å². The minimum absolute atomic E-state index is 0.00937. The lowest BCUT2D eigenvalue weighted by atomic mass is 9.77. The van der Waals surface area contributed by atoms with Gasteiger partial charge in [0.2, 0.25) is 0 Å². The monoisotopic (exact) mass is 210 g/mol. The van der Waals surface area contributed by atoms with Crippen LogP contribution in [0.25, 0.3) is 0 Å². The summed E-state index contributed by atoms with van der Waals surface area (Å²) < 4.78 is 11.7. The third kappa shape index (κ3) is 2.26. The quantitative estimate of drug-likeness (QED) is 0.618. The number of ether oxygens (including phenoxy) is 2. The van der Waals surface area contributed by atoms with E-state index in [9.17, 15) is 0 Å². The molecule has 86 valence electrons. The molecule has 1 aliphatic carbocycles. The second-order valence-corrected chi connectivity index (χ2v) is 5.59. The molecule has 0 amide bonds. The van der Waals surface area contributed by atoms with E-state index in [1.807, 2.05) is 13.8 Å². The lowest BCUT2D eigenvalue weighted by Crippen LogP contribution is -2.38. The van der Waals surface area contributed by atoms with Crippen molar-refractivity contribution < 1.29 is 9.47 Å². The molecule has 1 saturated heterocycles. The summed E-state index contributed by atoms with van der Waals surface area (Å²) in [6.07, 6.45) is 4.64. The third-order valence-electron chi connectivity index (χ3n) is 3.74. The Bertz CT molecular complexity index is 260. The highest BCUT2D eigenvalue weighted by Crippen LogP contribution is 2.44. The molecule has 0 radical (unpaired) electrons. The van der Waals surface area contributed by atoms with E-state index < -0.39 is 0 Å². The predicted molar refractivity (Wildman–Crippen MR) is 60.6 cm³/mol. The van der Waals surface area contributed by atoms with Gasteiger partial charge in [0.1, 0.15) is 0 Å². The fourth-order valence-electron chi connectivity index (χ4n) is 2.77. The van der Waals surface area contributed by atoms with Crippen LogP contribution in [0.5, 0.6) is 0 Å². The van der Waals surface area contributed by atoms with E-state index in [1.165, 1.54) is 18.4 Å². The maximum Gasteiger partial charge on any atom is 0.163 e. The molecule has 0 aromatic heterocycles. The zero-order valence-corrected chi connectivity index (χ0v) is 10.1. The van der Waals surface area contributed by atoms with Crippen LogP contribution in [0.1, 0.15) is 46.5 Å². The van der Waals surface area contributed by atoms with Gasteiger partial charge in [0.25, 0.3) is 0 Å². The summed E-state index contributed by atoms with van der Waals surface area (Å²) in [5.74, 6) is 0.318. The first-order valence-electron chi connectivity index (χ1n) is 5.92. The van der Waals surface area contributed by atoms with Crippen LogP contribution in [-0.2, 0) is 9.47 Å². The van der Waals surface area contributed by atoms with Crippen LogP contribution in [-0.4, -0.2) is 18.0 Å². The van der Waals surface area contributed by atoms with E-state index in [2.05, 4.69) is 13.5 Å². The van der Waals surface area contributed by atoms with Crippen molar-refractivity contribution in [2.45, 2.75) is 57.8 Å². The lowest BCUT2D eigenvalue weighted by Gasteiger charge is -2.36. The van der Waals surface area contributed by atoms with Crippen molar-refractivity contribution in [1.29, 1.82) is 0 Å². The van der Waals surface area contributed by atoms with Crippen molar-refractivity contribution in [2.24, 2.45) is 5.92 Å². The Morgan fingerprint density at radius 1 is 1.27 bits per heavy atom. The normalized spacial score (nSPS) is 39.5. The molecule has 0 atom stereocenters. The van der Waals surface area contributed by atoms with Crippen molar-refractivity contribution in [3.63, 3.8) is 0 Å². The topological polar surface area (TPSA) is 18.5 Å². The SMILES string of the molecule is C=C(C)C1CCC2(CC1)COC(C)(C)O2. The summed E-state index contributed by atoms with van der Waals surface area (Å²) in [6.45, 7) is 11.0. The molecule has 1 aliphatic heterocycles. The molecule has 1 spiro atoms. The molecule has 15 heavy (non-hydrogen) atoms. The minimum atomic E-state index is -0.379. The van der Waals surface area contributed by atoms with E-state index >= 15 is 0 Å². The van der Waals surface area contributed by atoms with Crippen LogP contribution in [0.2, 0.25) is 0 Å². The van der Waals surface area contributed by atoms with Crippen LogP contribution in [0, 0.1) is 5.92 Å². The molecular formula is C13H22O2. The largest absolute Gasteiger partial charge is 0.348 e. The number of rotatable bonds is 1. The first-order chi connectivity index (χ1) is 6.93. The van der Waals surface area contributed by atoms with Crippen molar-refractivity contribution >= 4 is 0 Å². The van der Waals surface area contributed by atoms with Crippen LogP contribution < -0.4 is 0 Å². The molecule has 1 saturated carbocycles. The van der Waals surface area contributed by atoms with Crippen molar-refractivity contribution in [2.75, 3.05) is 6.61 Å². The zero-order chi connectivity index (χ0) is 11.1. The van der Waals surface area contributed by atoms with Gasteiger partial charge in [0.15, 0.2) is 5.79 Å². The molecule has 2 rings (SSSR count). The molecule has 0 aromatic carbocycles. The molecule has 2 fully saturated rings.